The van der Waals surface area contributed by atoms with Crippen LogP contribution in [0.25, 0.3) is 11.5 Å². The van der Waals surface area contributed by atoms with Crippen molar-refractivity contribution in [2.45, 2.75) is 37.8 Å². The van der Waals surface area contributed by atoms with Gasteiger partial charge < -0.3 is 9.73 Å². The average molecular weight is 475 g/mol. The summed E-state index contributed by atoms with van der Waals surface area (Å²) in [5, 5.41) is 3.02. The normalized spacial score (nSPS) is 11.4. The summed E-state index contributed by atoms with van der Waals surface area (Å²) in [5.41, 5.74) is 4.46. The first-order chi connectivity index (χ1) is 16.3. The number of benzene rings is 3. The minimum Gasteiger partial charge on any atom is -0.441 e. The van der Waals surface area contributed by atoms with E-state index in [2.05, 4.69) is 17.2 Å². The Hall–Kier alpha value is -3.71. The third kappa shape index (κ3) is 4.94. The highest BCUT2D eigenvalue weighted by Gasteiger charge is 2.21. The van der Waals surface area contributed by atoms with Crippen LogP contribution in [0.4, 0.5) is 5.69 Å². The molecule has 7 heteroatoms. The van der Waals surface area contributed by atoms with Gasteiger partial charge in [-0.15, -0.1) is 0 Å². The lowest BCUT2D eigenvalue weighted by Crippen LogP contribution is -2.14. The van der Waals surface area contributed by atoms with Gasteiger partial charge in [-0.2, -0.15) is 0 Å². The first-order valence-corrected chi connectivity index (χ1v) is 12.7. The van der Waals surface area contributed by atoms with Crippen LogP contribution in [0.15, 0.2) is 82.1 Å². The minimum atomic E-state index is -3.54. The minimum absolute atomic E-state index is 0.200. The van der Waals surface area contributed by atoms with E-state index in [-0.39, 0.29) is 16.6 Å². The Kier molecular flexibility index (Phi) is 6.65. The first-order valence-electron chi connectivity index (χ1n) is 11.0. The van der Waals surface area contributed by atoms with E-state index in [0.29, 0.717) is 28.5 Å². The molecule has 34 heavy (non-hydrogen) atoms. The number of para-hydroxylation sites is 1. The molecule has 174 valence electrons. The van der Waals surface area contributed by atoms with Crippen LogP contribution in [0.3, 0.4) is 0 Å². The molecule has 1 aromatic heterocycles. The van der Waals surface area contributed by atoms with Gasteiger partial charge in [0.2, 0.25) is 5.89 Å². The van der Waals surface area contributed by atoms with E-state index in [1.165, 1.54) is 0 Å². The van der Waals surface area contributed by atoms with Crippen LogP contribution in [0, 0.1) is 13.8 Å². The van der Waals surface area contributed by atoms with Gasteiger partial charge in [0.05, 0.1) is 10.6 Å². The standard InChI is InChI=1S/C27H26N2O4S/c1-4-20-10-8-9-18(2)25(20)29-26(30)21-13-15-22(16-14-21)27-28-24(19(3)33-27)17-34(31,32)23-11-6-5-7-12-23/h5-16H,4,17H2,1-3H3,(H,29,30). The molecule has 0 saturated heterocycles. The molecule has 0 spiro atoms. The van der Waals surface area contributed by atoms with Gasteiger partial charge in [0, 0.05) is 16.8 Å². The SMILES string of the molecule is CCc1cccc(C)c1NC(=O)c1ccc(-c2nc(CS(=O)(=O)c3ccccc3)c(C)o2)cc1. The Balaban J connectivity index is 1.52. The Bertz CT molecular complexity index is 1420. The quantitative estimate of drug-likeness (QED) is 0.369. The molecular weight excluding hydrogens is 448 g/mol. The summed E-state index contributed by atoms with van der Waals surface area (Å²) in [6.45, 7) is 5.72. The lowest BCUT2D eigenvalue weighted by Gasteiger charge is -2.13. The lowest BCUT2D eigenvalue weighted by molar-refractivity contribution is 0.102. The molecule has 0 fully saturated rings. The Morgan fingerprint density at radius 2 is 1.65 bits per heavy atom. The van der Waals surface area contributed by atoms with Gasteiger partial charge >= 0.3 is 0 Å². The second-order valence-corrected chi connectivity index (χ2v) is 10.1. The van der Waals surface area contributed by atoms with E-state index in [1.807, 2.05) is 25.1 Å². The van der Waals surface area contributed by atoms with E-state index in [1.54, 1.807) is 61.5 Å². The number of nitrogens with one attached hydrogen (secondary N) is 1. The van der Waals surface area contributed by atoms with Crippen molar-refractivity contribution in [3.05, 3.63) is 101 Å². The summed E-state index contributed by atoms with van der Waals surface area (Å²) in [4.78, 5) is 17.5. The molecule has 0 aliphatic heterocycles. The van der Waals surface area contributed by atoms with E-state index in [9.17, 15) is 13.2 Å². The number of amides is 1. The smallest absolute Gasteiger partial charge is 0.255 e. The zero-order valence-electron chi connectivity index (χ0n) is 19.3. The number of rotatable bonds is 7. The molecule has 1 N–H and O–H groups in total. The highest BCUT2D eigenvalue weighted by atomic mass is 32.2. The Morgan fingerprint density at radius 1 is 0.941 bits per heavy atom. The molecule has 0 atom stereocenters. The molecule has 0 aliphatic rings. The summed E-state index contributed by atoms with van der Waals surface area (Å²) in [6.07, 6.45) is 0.821. The molecule has 0 unspecified atom stereocenters. The number of hydrogen-bond acceptors (Lipinski definition) is 5. The van der Waals surface area contributed by atoms with Crippen LogP contribution in [0.2, 0.25) is 0 Å². The summed E-state index contributed by atoms with van der Waals surface area (Å²) in [7, 11) is -3.54. The van der Waals surface area contributed by atoms with Crippen LogP contribution in [-0.4, -0.2) is 19.3 Å². The highest BCUT2D eigenvalue weighted by molar-refractivity contribution is 7.90. The van der Waals surface area contributed by atoms with Gasteiger partial charge in [-0.05, 0) is 67.8 Å². The predicted molar refractivity (Wildman–Crippen MR) is 133 cm³/mol. The van der Waals surface area contributed by atoms with Crippen molar-refractivity contribution in [1.29, 1.82) is 0 Å². The molecule has 0 bridgehead atoms. The first kappa shape index (κ1) is 23.4. The van der Waals surface area contributed by atoms with Crippen LogP contribution in [0.5, 0.6) is 0 Å². The summed E-state index contributed by atoms with van der Waals surface area (Å²) < 4.78 is 31.2. The lowest BCUT2D eigenvalue weighted by atomic mass is 10.0. The van der Waals surface area contributed by atoms with Crippen LogP contribution in [0.1, 0.15) is 39.9 Å². The van der Waals surface area contributed by atoms with Gasteiger partial charge in [-0.25, -0.2) is 13.4 Å². The summed E-state index contributed by atoms with van der Waals surface area (Å²) >= 11 is 0. The average Bonchev–Trinajstić information content (AvgIpc) is 3.20. The Labute approximate surface area is 199 Å². The Morgan fingerprint density at radius 3 is 2.32 bits per heavy atom. The zero-order chi connectivity index (χ0) is 24.3. The van der Waals surface area contributed by atoms with Crippen molar-refractivity contribution in [1.82, 2.24) is 4.98 Å². The summed E-state index contributed by atoms with van der Waals surface area (Å²) in [6, 6.07) is 21.1. The monoisotopic (exact) mass is 474 g/mol. The fraction of sp³-hybridized carbons (Fsp3) is 0.185. The van der Waals surface area contributed by atoms with E-state index >= 15 is 0 Å². The number of aryl methyl sites for hydroxylation is 3. The van der Waals surface area contributed by atoms with Gasteiger partial charge in [0.15, 0.2) is 9.84 Å². The number of sulfone groups is 1. The van der Waals surface area contributed by atoms with Crippen molar-refractivity contribution in [2.75, 3.05) is 5.32 Å². The maximum atomic E-state index is 12.8. The number of carbonyl (C=O) groups excluding carboxylic acids is 1. The summed E-state index contributed by atoms with van der Waals surface area (Å²) in [5.74, 6) is 0.315. The molecule has 0 radical (unpaired) electrons. The number of carbonyl (C=O) groups is 1. The van der Waals surface area contributed by atoms with Gasteiger partial charge in [0.25, 0.3) is 5.91 Å². The van der Waals surface area contributed by atoms with E-state index in [0.717, 1.165) is 23.2 Å². The third-order valence-electron chi connectivity index (χ3n) is 5.69. The van der Waals surface area contributed by atoms with Crippen LogP contribution < -0.4 is 5.32 Å². The van der Waals surface area contributed by atoms with Gasteiger partial charge in [-0.3, -0.25) is 4.79 Å². The molecular formula is C27H26N2O4S. The highest BCUT2D eigenvalue weighted by Crippen LogP contribution is 2.26. The van der Waals surface area contributed by atoms with E-state index < -0.39 is 9.84 Å². The second-order valence-electron chi connectivity index (χ2n) is 8.09. The van der Waals surface area contributed by atoms with Crippen LogP contribution in [-0.2, 0) is 22.0 Å². The molecule has 1 amide bonds. The predicted octanol–water partition coefficient (Wildman–Crippen LogP) is 5.75. The molecule has 3 aromatic carbocycles. The number of oxazole rings is 1. The molecule has 0 aliphatic carbocycles. The number of nitrogens with zero attached hydrogens (tertiary/aromatic N) is 1. The molecule has 0 saturated carbocycles. The molecule has 6 nitrogen and oxygen atoms in total. The van der Waals surface area contributed by atoms with Crippen molar-refractivity contribution in [3.63, 3.8) is 0 Å². The van der Waals surface area contributed by atoms with Crippen LogP contribution >= 0.6 is 0 Å². The number of anilines is 1. The van der Waals surface area contributed by atoms with Gasteiger partial charge in [0.1, 0.15) is 11.5 Å². The third-order valence-corrected chi connectivity index (χ3v) is 7.34. The van der Waals surface area contributed by atoms with Gasteiger partial charge in [-0.1, -0.05) is 43.3 Å². The zero-order valence-corrected chi connectivity index (χ0v) is 20.1. The molecule has 4 aromatic rings. The van der Waals surface area contributed by atoms with Crippen molar-refractivity contribution in [3.8, 4) is 11.5 Å². The second kappa shape index (κ2) is 9.65. The van der Waals surface area contributed by atoms with Crippen molar-refractivity contribution in [2.24, 2.45) is 0 Å². The topological polar surface area (TPSA) is 89.3 Å². The van der Waals surface area contributed by atoms with Crippen molar-refractivity contribution < 1.29 is 17.6 Å². The fourth-order valence-corrected chi connectivity index (χ4v) is 5.09. The molecule has 4 rings (SSSR count). The fourth-order valence-electron chi connectivity index (χ4n) is 3.73. The largest absolute Gasteiger partial charge is 0.441 e. The maximum Gasteiger partial charge on any atom is 0.255 e. The number of aromatic nitrogens is 1. The maximum absolute atomic E-state index is 12.8. The molecule has 1 heterocycles. The number of hydrogen-bond donors (Lipinski definition) is 1. The van der Waals surface area contributed by atoms with Crippen molar-refractivity contribution >= 4 is 21.4 Å². The van der Waals surface area contributed by atoms with E-state index in [4.69, 9.17) is 4.42 Å².